The summed E-state index contributed by atoms with van der Waals surface area (Å²) in [4.78, 5) is 30.1. The summed E-state index contributed by atoms with van der Waals surface area (Å²) >= 11 is 1.49. The summed E-state index contributed by atoms with van der Waals surface area (Å²) in [7, 11) is 0. The molecule has 8 heteroatoms. The average molecular weight is 404 g/mol. The van der Waals surface area contributed by atoms with Crippen LogP contribution in [0.3, 0.4) is 0 Å². The Morgan fingerprint density at radius 3 is 2.52 bits per heavy atom. The van der Waals surface area contributed by atoms with Crippen LogP contribution < -0.4 is 4.90 Å². The Kier molecular flexibility index (Phi) is 6.71. The summed E-state index contributed by atoms with van der Waals surface area (Å²) in [5.41, 5.74) is 0.917. The molecule has 1 aliphatic heterocycles. The van der Waals surface area contributed by atoms with Crippen molar-refractivity contribution in [3.8, 4) is 0 Å². The highest BCUT2D eigenvalue weighted by atomic mass is 35.5. The number of nitrogens with zero attached hydrogens (tertiary/aromatic N) is 5. The number of Topliss-reactive ketones (excluding diaryl/α,β-unsaturated/α-hetero) is 1. The van der Waals surface area contributed by atoms with E-state index in [1.165, 1.54) is 11.3 Å². The van der Waals surface area contributed by atoms with Gasteiger partial charge >= 0.3 is 0 Å². The van der Waals surface area contributed by atoms with Crippen molar-refractivity contribution in [2.45, 2.75) is 12.8 Å². The molecule has 2 aromatic heterocycles. The zero-order valence-corrected chi connectivity index (χ0v) is 16.6. The fraction of sp³-hybridized carbons (Fsp3) is 0.368. The van der Waals surface area contributed by atoms with Crippen LogP contribution in [0.15, 0.2) is 42.7 Å². The number of aromatic nitrogens is 3. The van der Waals surface area contributed by atoms with Crippen molar-refractivity contribution < 1.29 is 4.79 Å². The quantitative estimate of drug-likeness (QED) is 0.588. The first-order chi connectivity index (χ1) is 12.8. The van der Waals surface area contributed by atoms with E-state index >= 15 is 0 Å². The van der Waals surface area contributed by atoms with Crippen LogP contribution >= 0.6 is 23.7 Å². The summed E-state index contributed by atoms with van der Waals surface area (Å²) in [6.45, 7) is 4.76. The zero-order valence-electron chi connectivity index (χ0n) is 15.0. The topological polar surface area (TPSA) is 62.2 Å². The molecule has 0 atom stereocenters. The second kappa shape index (κ2) is 9.21. The fourth-order valence-electron chi connectivity index (χ4n) is 3.19. The molecule has 0 spiro atoms. The predicted octanol–water partition coefficient (Wildman–Crippen LogP) is 3.29. The first-order valence-electron chi connectivity index (χ1n) is 8.93. The molecule has 6 nitrogen and oxygen atoms in total. The SMILES string of the molecule is Cl.O=C(CCCN1CCN(c2ncccn2)CC1)c1nc2ccccc2s1. The summed E-state index contributed by atoms with van der Waals surface area (Å²) < 4.78 is 1.08. The fourth-order valence-corrected chi connectivity index (χ4v) is 4.12. The third-order valence-electron chi connectivity index (χ3n) is 4.62. The standard InChI is InChI=1S/C19H21N5OS.ClH/c25-16(18-22-15-5-1-2-7-17(15)26-18)6-3-10-23-11-13-24(14-12-23)19-20-8-4-9-21-19;/h1-2,4-5,7-9H,3,6,10-14H2;1H. The zero-order chi connectivity index (χ0) is 17.8. The van der Waals surface area contributed by atoms with Crippen molar-refractivity contribution in [3.05, 3.63) is 47.7 Å². The first-order valence-corrected chi connectivity index (χ1v) is 9.74. The van der Waals surface area contributed by atoms with E-state index in [0.29, 0.717) is 11.4 Å². The van der Waals surface area contributed by atoms with Gasteiger partial charge < -0.3 is 4.90 Å². The number of thiazole rings is 1. The number of para-hydroxylation sites is 1. The van der Waals surface area contributed by atoms with Crippen molar-refractivity contribution in [1.82, 2.24) is 19.9 Å². The third-order valence-corrected chi connectivity index (χ3v) is 5.70. The maximum Gasteiger partial charge on any atom is 0.225 e. The third kappa shape index (κ3) is 4.80. The number of hydrogen-bond donors (Lipinski definition) is 0. The van der Waals surface area contributed by atoms with E-state index in [0.717, 1.165) is 55.3 Å². The maximum absolute atomic E-state index is 12.4. The van der Waals surface area contributed by atoms with E-state index in [-0.39, 0.29) is 18.2 Å². The molecule has 0 amide bonds. The number of halogens is 1. The molecule has 3 aromatic rings. The summed E-state index contributed by atoms with van der Waals surface area (Å²) in [5, 5.41) is 0.636. The van der Waals surface area contributed by atoms with Gasteiger partial charge in [0.05, 0.1) is 10.2 Å². The van der Waals surface area contributed by atoms with Crippen LogP contribution in [0.5, 0.6) is 0 Å². The molecule has 3 heterocycles. The normalized spacial score (nSPS) is 14.9. The maximum atomic E-state index is 12.4. The molecule has 0 aliphatic carbocycles. The van der Waals surface area contributed by atoms with E-state index in [1.807, 2.05) is 30.3 Å². The van der Waals surface area contributed by atoms with Crippen LogP contribution in [0.25, 0.3) is 10.2 Å². The summed E-state index contributed by atoms with van der Waals surface area (Å²) in [6.07, 6.45) is 4.99. The van der Waals surface area contributed by atoms with E-state index in [4.69, 9.17) is 0 Å². The van der Waals surface area contributed by atoms with Crippen molar-refractivity contribution in [1.29, 1.82) is 0 Å². The lowest BCUT2D eigenvalue weighted by molar-refractivity contribution is 0.0974. The Morgan fingerprint density at radius 2 is 1.78 bits per heavy atom. The largest absolute Gasteiger partial charge is 0.338 e. The Bertz CT molecular complexity index is 847. The highest BCUT2D eigenvalue weighted by molar-refractivity contribution is 7.20. The van der Waals surface area contributed by atoms with Crippen LogP contribution in [0.1, 0.15) is 22.6 Å². The van der Waals surface area contributed by atoms with E-state index in [2.05, 4.69) is 24.8 Å². The lowest BCUT2D eigenvalue weighted by Crippen LogP contribution is -2.47. The molecular formula is C19H22ClN5OS. The predicted molar refractivity (Wildman–Crippen MR) is 111 cm³/mol. The van der Waals surface area contributed by atoms with Gasteiger partial charge in [0, 0.05) is 45.0 Å². The van der Waals surface area contributed by atoms with Crippen LogP contribution in [-0.4, -0.2) is 58.4 Å². The molecule has 4 rings (SSSR count). The molecule has 1 fully saturated rings. The van der Waals surface area contributed by atoms with E-state index < -0.39 is 0 Å². The number of carbonyl (C=O) groups is 1. The molecular weight excluding hydrogens is 382 g/mol. The average Bonchev–Trinajstić information content (AvgIpc) is 3.13. The first kappa shape index (κ1) is 19.7. The summed E-state index contributed by atoms with van der Waals surface area (Å²) in [5.74, 6) is 0.959. The Labute approximate surface area is 168 Å². The van der Waals surface area contributed by atoms with Gasteiger partial charge in [0.15, 0.2) is 10.8 Å². The van der Waals surface area contributed by atoms with Gasteiger partial charge in [-0.15, -0.1) is 23.7 Å². The monoisotopic (exact) mass is 403 g/mol. The molecule has 1 aromatic carbocycles. The second-order valence-electron chi connectivity index (χ2n) is 6.39. The minimum Gasteiger partial charge on any atom is -0.338 e. The number of fused-ring (bicyclic) bond motifs is 1. The van der Waals surface area contributed by atoms with Crippen molar-refractivity contribution in [2.24, 2.45) is 0 Å². The molecule has 142 valence electrons. The van der Waals surface area contributed by atoms with Crippen molar-refractivity contribution in [3.63, 3.8) is 0 Å². The van der Waals surface area contributed by atoms with Gasteiger partial charge in [0.1, 0.15) is 0 Å². The highest BCUT2D eigenvalue weighted by Gasteiger charge is 2.19. The minimum atomic E-state index is 0. The molecule has 0 unspecified atom stereocenters. The Balaban J connectivity index is 0.00000210. The number of carbonyl (C=O) groups excluding carboxylic acids is 1. The second-order valence-corrected chi connectivity index (χ2v) is 7.42. The van der Waals surface area contributed by atoms with Gasteiger partial charge in [0.25, 0.3) is 0 Å². The molecule has 0 bridgehead atoms. The lowest BCUT2D eigenvalue weighted by Gasteiger charge is -2.34. The molecule has 0 saturated carbocycles. The van der Waals surface area contributed by atoms with Gasteiger partial charge in [-0.05, 0) is 31.2 Å². The highest BCUT2D eigenvalue weighted by Crippen LogP contribution is 2.23. The van der Waals surface area contributed by atoms with Crippen LogP contribution in [-0.2, 0) is 0 Å². The molecule has 27 heavy (non-hydrogen) atoms. The van der Waals surface area contributed by atoms with Gasteiger partial charge in [-0.25, -0.2) is 15.0 Å². The molecule has 0 radical (unpaired) electrons. The number of benzene rings is 1. The van der Waals surface area contributed by atoms with Crippen molar-refractivity contribution in [2.75, 3.05) is 37.6 Å². The number of piperazine rings is 1. The Morgan fingerprint density at radius 1 is 1.04 bits per heavy atom. The lowest BCUT2D eigenvalue weighted by atomic mass is 10.2. The van der Waals surface area contributed by atoms with E-state index in [1.54, 1.807) is 12.4 Å². The number of rotatable bonds is 6. The number of anilines is 1. The van der Waals surface area contributed by atoms with Gasteiger partial charge in [-0.3, -0.25) is 9.69 Å². The van der Waals surface area contributed by atoms with Gasteiger partial charge in [0.2, 0.25) is 5.95 Å². The van der Waals surface area contributed by atoms with Crippen molar-refractivity contribution >= 4 is 45.7 Å². The van der Waals surface area contributed by atoms with Gasteiger partial charge in [-0.1, -0.05) is 12.1 Å². The number of hydrogen-bond acceptors (Lipinski definition) is 7. The Hall–Kier alpha value is -2.09. The summed E-state index contributed by atoms with van der Waals surface area (Å²) in [6, 6.07) is 9.74. The van der Waals surface area contributed by atoms with Crippen LogP contribution in [0.2, 0.25) is 0 Å². The van der Waals surface area contributed by atoms with E-state index in [9.17, 15) is 4.79 Å². The molecule has 0 N–H and O–H groups in total. The minimum absolute atomic E-state index is 0. The smallest absolute Gasteiger partial charge is 0.225 e. The van der Waals surface area contributed by atoms with Gasteiger partial charge in [-0.2, -0.15) is 0 Å². The number of ketones is 1. The molecule has 1 aliphatic rings. The van der Waals surface area contributed by atoms with Crippen LogP contribution in [0.4, 0.5) is 5.95 Å². The molecule has 1 saturated heterocycles. The van der Waals surface area contributed by atoms with Crippen LogP contribution in [0, 0.1) is 0 Å².